The molecule has 2 saturated carbocycles. The number of quaternary nitrogens is 1. The Bertz CT molecular complexity index is 978. The minimum Gasteiger partial charge on any atom is -1.00 e. The number of benzene rings is 2. The molecule has 0 spiro atoms. The molecule has 190 valence electrons. The average Bonchev–Trinajstić information content (AvgIpc) is 3.22. The van der Waals surface area contributed by atoms with Gasteiger partial charge < -0.3 is 38.3 Å². The van der Waals surface area contributed by atoms with Crippen molar-refractivity contribution >= 4 is 5.97 Å². The average molecular weight is 590 g/mol. The molecule has 6 atom stereocenters. The summed E-state index contributed by atoms with van der Waals surface area (Å²) in [6, 6.07) is 20.9. The number of fused-ring (bicyclic) bond motifs is 2. The van der Waals surface area contributed by atoms with Crippen molar-refractivity contribution in [1.82, 2.24) is 0 Å². The number of esters is 1. The van der Waals surface area contributed by atoms with Crippen molar-refractivity contribution in [2.24, 2.45) is 11.8 Å². The number of carbonyl (C=O) groups is 1. The molecule has 3 fully saturated rings. The maximum Gasteiger partial charge on any atom is 0.343 e. The highest BCUT2D eigenvalue weighted by Crippen LogP contribution is 2.50. The Labute approximate surface area is 227 Å². The predicted octanol–water partition coefficient (Wildman–Crippen LogP) is 2.76. The maximum absolute atomic E-state index is 13.9. The molecule has 1 heterocycles. The van der Waals surface area contributed by atoms with Crippen LogP contribution in [0.25, 0.3) is 0 Å². The van der Waals surface area contributed by atoms with Gasteiger partial charge >= 0.3 is 5.97 Å². The first-order chi connectivity index (χ1) is 16.4. The van der Waals surface area contributed by atoms with E-state index in [1.165, 1.54) is 18.4 Å². The number of carbonyl (C=O) groups excluding carboxylic acids is 1. The summed E-state index contributed by atoms with van der Waals surface area (Å²) >= 11 is 0. The second-order valence-electron chi connectivity index (χ2n) is 11.2. The zero-order valence-electron chi connectivity index (χ0n) is 21.1. The van der Waals surface area contributed by atoms with Gasteiger partial charge in [0.1, 0.15) is 12.1 Å². The summed E-state index contributed by atoms with van der Waals surface area (Å²) in [5.74, 6) is -0.152. The molecule has 1 saturated heterocycles. The fourth-order valence-corrected chi connectivity index (χ4v) is 7.31. The topological polar surface area (TPSA) is 46.5 Å². The number of likely N-dealkylation sites (N-methyl/N-ethyl adjacent to an activating group) is 1. The third kappa shape index (κ3) is 4.80. The van der Waals surface area contributed by atoms with Crippen LogP contribution in [0.1, 0.15) is 75.5 Å². The first-order valence-electron chi connectivity index (χ1n) is 13.3. The molecule has 2 aromatic rings. The van der Waals surface area contributed by atoms with Crippen molar-refractivity contribution in [2.75, 3.05) is 13.6 Å². The monoisotopic (exact) mass is 589 g/mol. The lowest BCUT2D eigenvalue weighted by atomic mass is 9.77. The Hall–Kier alpha value is -1.44. The van der Waals surface area contributed by atoms with Crippen LogP contribution in [0, 0.1) is 11.8 Å². The molecule has 0 radical (unpaired) electrons. The summed E-state index contributed by atoms with van der Waals surface area (Å²) in [6.07, 6.45) is 8.27. The maximum atomic E-state index is 13.9. The van der Waals surface area contributed by atoms with Crippen LogP contribution in [0.5, 0.6) is 0 Å². The third-order valence-corrected chi connectivity index (χ3v) is 9.44. The molecule has 35 heavy (non-hydrogen) atoms. The van der Waals surface area contributed by atoms with Crippen LogP contribution in [0.2, 0.25) is 0 Å². The van der Waals surface area contributed by atoms with E-state index in [2.05, 4.69) is 44.3 Å². The van der Waals surface area contributed by atoms with E-state index in [4.69, 9.17) is 4.74 Å². The number of halogens is 1. The SMILES string of the molecule is C[C@H](c1ccccc1)[N+]1(C)CC2CC[C@H]1C2OC(=O)C(O)(c1ccccc1)C1CCCCCC1.[I-]. The summed E-state index contributed by atoms with van der Waals surface area (Å²) < 4.78 is 7.29. The summed E-state index contributed by atoms with van der Waals surface area (Å²) in [5.41, 5.74) is 0.455. The van der Waals surface area contributed by atoms with Crippen molar-refractivity contribution in [1.29, 1.82) is 0 Å². The highest BCUT2D eigenvalue weighted by Gasteiger charge is 2.61. The van der Waals surface area contributed by atoms with Crippen molar-refractivity contribution in [3.63, 3.8) is 0 Å². The Kier molecular flexibility index (Phi) is 8.29. The number of rotatable bonds is 6. The first-order valence-corrected chi connectivity index (χ1v) is 13.3. The van der Waals surface area contributed by atoms with Crippen LogP contribution in [0.4, 0.5) is 0 Å². The van der Waals surface area contributed by atoms with E-state index in [9.17, 15) is 9.90 Å². The van der Waals surface area contributed by atoms with Crippen LogP contribution >= 0.6 is 0 Å². The lowest BCUT2D eigenvalue weighted by molar-refractivity contribution is -0.954. The molecule has 4 nitrogen and oxygen atoms in total. The summed E-state index contributed by atoms with van der Waals surface area (Å²) in [7, 11) is 2.33. The van der Waals surface area contributed by atoms with Gasteiger partial charge in [0, 0.05) is 17.9 Å². The number of hydrogen-bond donors (Lipinski definition) is 1. The van der Waals surface area contributed by atoms with Gasteiger partial charge in [-0.15, -0.1) is 0 Å². The fourth-order valence-electron chi connectivity index (χ4n) is 7.31. The smallest absolute Gasteiger partial charge is 0.343 e. The van der Waals surface area contributed by atoms with Gasteiger partial charge in [-0.1, -0.05) is 86.3 Å². The van der Waals surface area contributed by atoms with Crippen LogP contribution in [0.15, 0.2) is 60.7 Å². The predicted molar refractivity (Wildman–Crippen MR) is 134 cm³/mol. The standard InChI is InChI=1S/C30H40NO3.HI/c1-22(23-13-7-5-8-14-23)31(2)21-24-19-20-27(31)28(24)34-29(32)30(33,26-17-11-6-12-18-26)25-15-9-3-4-10-16-25;/h5-8,11-14,17-18,22,24-25,27-28,33H,3-4,9-10,15-16,19-21H2,1-2H3;1H/q+1;/p-1/t22-,24?,27+,28?,30?,31?;/m1./s1. The summed E-state index contributed by atoms with van der Waals surface area (Å²) in [5, 5.41) is 12.1. The van der Waals surface area contributed by atoms with Gasteiger partial charge in [0.05, 0.1) is 19.5 Å². The van der Waals surface area contributed by atoms with E-state index in [1.54, 1.807) is 0 Å². The highest BCUT2D eigenvalue weighted by atomic mass is 127. The second kappa shape index (κ2) is 10.9. The minimum atomic E-state index is -1.57. The zero-order valence-corrected chi connectivity index (χ0v) is 23.3. The van der Waals surface area contributed by atoms with Gasteiger partial charge in [0.2, 0.25) is 0 Å². The number of ether oxygens (including phenoxy) is 1. The Morgan fingerprint density at radius 2 is 1.54 bits per heavy atom. The number of nitrogens with zero attached hydrogens (tertiary/aromatic N) is 1. The van der Waals surface area contributed by atoms with Crippen LogP contribution < -0.4 is 24.0 Å². The number of hydrogen-bond acceptors (Lipinski definition) is 3. The lowest BCUT2D eigenvalue weighted by Gasteiger charge is -2.43. The quantitative estimate of drug-likeness (QED) is 0.244. The molecule has 5 heteroatoms. The molecule has 0 amide bonds. The molecule has 5 rings (SSSR count). The van der Waals surface area contributed by atoms with Crippen molar-refractivity contribution in [3.05, 3.63) is 71.8 Å². The van der Waals surface area contributed by atoms with Crippen molar-refractivity contribution in [3.8, 4) is 0 Å². The summed E-state index contributed by atoms with van der Waals surface area (Å²) in [6.45, 7) is 3.33. The largest absolute Gasteiger partial charge is 1.00 e. The first kappa shape index (κ1) is 26.6. The summed E-state index contributed by atoms with van der Waals surface area (Å²) in [4.78, 5) is 13.9. The van der Waals surface area contributed by atoms with Gasteiger partial charge in [-0.25, -0.2) is 4.79 Å². The van der Waals surface area contributed by atoms with E-state index in [-0.39, 0.29) is 42.0 Å². The van der Waals surface area contributed by atoms with Crippen molar-refractivity contribution < 1.29 is 43.1 Å². The number of likely N-dealkylation sites (tertiary alicyclic amines) is 1. The zero-order chi connectivity index (χ0) is 23.8. The second-order valence-corrected chi connectivity index (χ2v) is 11.2. The molecular formula is C30H40INO3. The Morgan fingerprint density at radius 1 is 0.943 bits per heavy atom. The molecule has 2 bridgehead atoms. The molecule has 1 aliphatic heterocycles. The highest BCUT2D eigenvalue weighted by molar-refractivity contribution is 5.82. The van der Waals surface area contributed by atoms with E-state index in [1.807, 2.05) is 30.3 Å². The van der Waals surface area contributed by atoms with E-state index in [0.717, 1.165) is 49.6 Å². The lowest BCUT2D eigenvalue weighted by Crippen LogP contribution is -3.00. The normalized spacial score (nSPS) is 31.1. The van der Waals surface area contributed by atoms with Gasteiger partial charge in [-0.05, 0) is 31.7 Å². The number of piperidine rings is 1. The molecule has 3 aliphatic rings. The molecule has 4 unspecified atom stereocenters. The van der Waals surface area contributed by atoms with Crippen molar-refractivity contribution in [2.45, 2.75) is 82.1 Å². The Morgan fingerprint density at radius 3 is 2.17 bits per heavy atom. The van der Waals surface area contributed by atoms with Gasteiger partial charge in [-0.3, -0.25) is 0 Å². The third-order valence-electron chi connectivity index (χ3n) is 9.44. The van der Waals surface area contributed by atoms with Gasteiger partial charge in [0.15, 0.2) is 11.7 Å². The molecule has 1 N–H and O–H groups in total. The van der Waals surface area contributed by atoms with E-state index >= 15 is 0 Å². The van der Waals surface area contributed by atoms with Gasteiger partial charge in [-0.2, -0.15) is 0 Å². The molecule has 2 aliphatic carbocycles. The minimum absolute atomic E-state index is 0. The van der Waals surface area contributed by atoms with Crippen LogP contribution in [0.3, 0.4) is 0 Å². The van der Waals surface area contributed by atoms with Crippen LogP contribution in [-0.2, 0) is 15.1 Å². The molecular weight excluding hydrogens is 549 g/mol. The van der Waals surface area contributed by atoms with E-state index < -0.39 is 11.6 Å². The van der Waals surface area contributed by atoms with Gasteiger partial charge in [0.25, 0.3) is 0 Å². The molecule has 2 aromatic carbocycles. The fraction of sp³-hybridized carbons (Fsp3) is 0.567. The molecule has 0 aromatic heterocycles. The Balaban J connectivity index is 0.00000289. The van der Waals surface area contributed by atoms with E-state index in [0.29, 0.717) is 17.5 Å². The number of aliphatic hydroxyl groups is 1. The van der Waals surface area contributed by atoms with Crippen LogP contribution in [-0.4, -0.2) is 41.3 Å².